The molecule has 2 aliphatic carbocycles. The zero-order valence-electron chi connectivity index (χ0n) is 12.0. The van der Waals surface area contributed by atoms with Crippen LogP contribution in [0.25, 0.3) is 0 Å². The lowest BCUT2D eigenvalue weighted by Gasteiger charge is -2.27. The number of likely N-dealkylation sites (tertiary alicyclic amines) is 1. The Morgan fingerprint density at radius 2 is 2.00 bits per heavy atom. The monoisotopic (exact) mass is 264 g/mol. The number of hydrogen-bond acceptors (Lipinski definition) is 2. The second-order valence-corrected chi connectivity index (χ2v) is 6.79. The van der Waals surface area contributed by atoms with E-state index in [2.05, 4.69) is 18.7 Å². The highest BCUT2D eigenvalue weighted by atomic mass is 16.2. The molecule has 2 amide bonds. The first kappa shape index (κ1) is 12.9. The smallest absolute Gasteiger partial charge is 0.228 e. The summed E-state index contributed by atoms with van der Waals surface area (Å²) in [5.41, 5.74) is 0. The van der Waals surface area contributed by atoms with Crippen LogP contribution < -0.4 is 0 Å². The third kappa shape index (κ3) is 2.77. The highest BCUT2D eigenvalue weighted by molar-refractivity contribution is 5.89. The summed E-state index contributed by atoms with van der Waals surface area (Å²) in [7, 11) is 0. The molecule has 0 aromatic carbocycles. The van der Waals surface area contributed by atoms with E-state index >= 15 is 0 Å². The fraction of sp³-hybridized carbons (Fsp3) is 0.867. The molecule has 0 bridgehead atoms. The average Bonchev–Trinajstić information content (AvgIpc) is 3.23. The number of hydrogen-bond donors (Lipinski definition) is 0. The minimum absolute atomic E-state index is 0.0764. The first-order valence-electron chi connectivity index (χ1n) is 7.66. The molecular formula is C15H24N2O2. The van der Waals surface area contributed by atoms with Gasteiger partial charge in [0.1, 0.15) is 0 Å². The van der Waals surface area contributed by atoms with Gasteiger partial charge in [0.2, 0.25) is 11.8 Å². The van der Waals surface area contributed by atoms with Crippen LogP contribution in [0.15, 0.2) is 0 Å². The highest BCUT2D eigenvalue weighted by Gasteiger charge is 2.44. The van der Waals surface area contributed by atoms with Gasteiger partial charge in [-0.25, -0.2) is 0 Å². The van der Waals surface area contributed by atoms with Gasteiger partial charge in [-0.1, -0.05) is 13.8 Å². The van der Waals surface area contributed by atoms with Crippen molar-refractivity contribution in [3.8, 4) is 0 Å². The first-order chi connectivity index (χ1) is 9.06. The lowest BCUT2D eigenvalue weighted by atomic mass is 10.1. The number of carbonyl (C=O) groups excluding carboxylic acids is 2. The number of rotatable bonds is 5. The topological polar surface area (TPSA) is 40.6 Å². The van der Waals surface area contributed by atoms with Gasteiger partial charge in [0.05, 0.1) is 5.92 Å². The summed E-state index contributed by atoms with van der Waals surface area (Å²) in [5.74, 6) is 0.850. The Bertz CT molecular complexity index is 386. The van der Waals surface area contributed by atoms with Crippen molar-refractivity contribution in [3.63, 3.8) is 0 Å². The largest absolute Gasteiger partial charge is 0.339 e. The maximum atomic E-state index is 12.6. The summed E-state index contributed by atoms with van der Waals surface area (Å²) in [6, 6.07) is 0.907. The Kier molecular flexibility index (Phi) is 3.27. The molecule has 3 aliphatic rings. The van der Waals surface area contributed by atoms with Crippen molar-refractivity contribution >= 4 is 11.8 Å². The molecule has 0 spiro atoms. The molecule has 0 radical (unpaired) electrons. The lowest BCUT2D eigenvalue weighted by molar-refractivity contribution is -0.137. The maximum Gasteiger partial charge on any atom is 0.228 e. The summed E-state index contributed by atoms with van der Waals surface area (Å²) >= 11 is 0. The molecule has 0 aromatic heterocycles. The predicted octanol–water partition coefficient (Wildman–Crippen LogP) is 1.64. The molecule has 106 valence electrons. The van der Waals surface area contributed by atoms with Crippen LogP contribution in [0.1, 0.15) is 46.0 Å². The van der Waals surface area contributed by atoms with Crippen LogP contribution in [-0.4, -0.2) is 46.8 Å². The fourth-order valence-corrected chi connectivity index (χ4v) is 3.07. The summed E-state index contributed by atoms with van der Waals surface area (Å²) in [6.45, 7) is 5.82. The van der Waals surface area contributed by atoms with Gasteiger partial charge in [-0.05, 0) is 31.6 Å². The van der Waals surface area contributed by atoms with Gasteiger partial charge in [-0.15, -0.1) is 0 Å². The quantitative estimate of drug-likeness (QED) is 0.757. The van der Waals surface area contributed by atoms with Crippen molar-refractivity contribution in [1.82, 2.24) is 9.80 Å². The van der Waals surface area contributed by atoms with Crippen molar-refractivity contribution in [1.29, 1.82) is 0 Å². The molecule has 0 unspecified atom stereocenters. The molecule has 2 saturated carbocycles. The maximum absolute atomic E-state index is 12.6. The van der Waals surface area contributed by atoms with Crippen molar-refractivity contribution in [2.45, 2.75) is 58.0 Å². The van der Waals surface area contributed by atoms with Crippen LogP contribution in [-0.2, 0) is 9.59 Å². The van der Waals surface area contributed by atoms with E-state index in [-0.39, 0.29) is 17.7 Å². The van der Waals surface area contributed by atoms with Crippen molar-refractivity contribution in [2.24, 2.45) is 11.8 Å². The van der Waals surface area contributed by atoms with Crippen molar-refractivity contribution in [2.75, 3.05) is 13.1 Å². The predicted molar refractivity (Wildman–Crippen MR) is 72.4 cm³/mol. The Labute approximate surface area is 115 Å². The van der Waals surface area contributed by atoms with E-state index < -0.39 is 0 Å². The molecule has 1 aliphatic heterocycles. The molecule has 1 saturated heterocycles. The molecule has 1 heterocycles. The highest BCUT2D eigenvalue weighted by Crippen LogP contribution is 2.35. The molecule has 0 N–H and O–H groups in total. The van der Waals surface area contributed by atoms with Gasteiger partial charge < -0.3 is 9.80 Å². The minimum atomic E-state index is -0.0764. The summed E-state index contributed by atoms with van der Waals surface area (Å²) in [6.07, 6.45) is 4.99. The van der Waals surface area contributed by atoms with Gasteiger partial charge in [-0.2, -0.15) is 0 Å². The number of nitrogens with zero attached hydrogens (tertiary/aromatic N) is 2. The van der Waals surface area contributed by atoms with Crippen LogP contribution in [0.4, 0.5) is 0 Å². The van der Waals surface area contributed by atoms with Crippen LogP contribution in [0.2, 0.25) is 0 Å². The lowest BCUT2D eigenvalue weighted by Crippen LogP contribution is -2.41. The van der Waals surface area contributed by atoms with E-state index in [1.165, 1.54) is 0 Å². The van der Waals surface area contributed by atoms with E-state index in [1.807, 2.05) is 4.90 Å². The van der Waals surface area contributed by atoms with E-state index in [4.69, 9.17) is 0 Å². The number of carbonyl (C=O) groups is 2. The molecular weight excluding hydrogens is 240 g/mol. The van der Waals surface area contributed by atoms with E-state index in [0.29, 0.717) is 31.0 Å². The molecule has 1 atom stereocenters. The van der Waals surface area contributed by atoms with Crippen molar-refractivity contribution in [3.05, 3.63) is 0 Å². The third-order valence-electron chi connectivity index (χ3n) is 4.33. The Morgan fingerprint density at radius 1 is 1.32 bits per heavy atom. The summed E-state index contributed by atoms with van der Waals surface area (Å²) < 4.78 is 0. The SMILES string of the molecule is CC(C)CN(C(=O)[C@@H]1CC(=O)N(C2CC2)C1)C1CC1. The molecule has 19 heavy (non-hydrogen) atoms. The standard InChI is InChI=1S/C15H24N2O2/c1-10(2)8-17(13-5-6-13)15(19)11-7-14(18)16(9-11)12-3-4-12/h10-13H,3-9H2,1-2H3/t11-/m1/s1. The molecule has 3 fully saturated rings. The van der Waals surface area contributed by atoms with Gasteiger partial charge in [0.15, 0.2) is 0 Å². The van der Waals surface area contributed by atoms with Crippen LogP contribution in [0.5, 0.6) is 0 Å². The zero-order valence-corrected chi connectivity index (χ0v) is 12.0. The van der Waals surface area contributed by atoms with Gasteiger partial charge in [0.25, 0.3) is 0 Å². The van der Waals surface area contributed by atoms with E-state index in [0.717, 1.165) is 32.2 Å². The zero-order chi connectivity index (χ0) is 13.6. The molecule has 0 aromatic rings. The summed E-state index contributed by atoms with van der Waals surface area (Å²) in [5, 5.41) is 0. The van der Waals surface area contributed by atoms with E-state index in [1.54, 1.807) is 0 Å². The normalized spacial score (nSPS) is 27.2. The van der Waals surface area contributed by atoms with Crippen LogP contribution >= 0.6 is 0 Å². The molecule has 3 rings (SSSR count). The minimum Gasteiger partial charge on any atom is -0.339 e. The van der Waals surface area contributed by atoms with Gasteiger partial charge >= 0.3 is 0 Å². The second kappa shape index (κ2) is 4.80. The second-order valence-electron chi connectivity index (χ2n) is 6.79. The van der Waals surface area contributed by atoms with Crippen LogP contribution in [0.3, 0.4) is 0 Å². The van der Waals surface area contributed by atoms with E-state index in [9.17, 15) is 9.59 Å². The Morgan fingerprint density at radius 3 is 2.53 bits per heavy atom. The Hall–Kier alpha value is -1.06. The molecule has 4 nitrogen and oxygen atoms in total. The summed E-state index contributed by atoms with van der Waals surface area (Å²) in [4.78, 5) is 28.6. The number of amides is 2. The first-order valence-corrected chi connectivity index (χ1v) is 7.66. The fourth-order valence-electron chi connectivity index (χ4n) is 3.07. The average molecular weight is 264 g/mol. The van der Waals surface area contributed by atoms with Gasteiger partial charge in [0, 0.05) is 31.6 Å². The Balaban J connectivity index is 1.63. The van der Waals surface area contributed by atoms with Gasteiger partial charge in [-0.3, -0.25) is 9.59 Å². The third-order valence-corrected chi connectivity index (χ3v) is 4.33. The van der Waals surface area contributed by atoms with Crippen LogP contribution in [0, 0.1) is 11.8 Å². The molecule has 4 heteroatoms. The van der Waals surface area contributed by atoms with Crippen molar-refractivity contribution < 1.29 is 9.59 Å².